The van der Waals surface area contributed by atoms with Crippen LogP contribution in [0.2, 0.25) is 0 Å². The van der Waals surface area contributed by atoms with E-state index in [1.165, 1.54) is 18.6 Å². The van der Waals surface area contributed by atoms with Crippen molar-refractivity contribution in [2.24, 2.45) is 0 Å². The summed E-state index contributed by atoms with van der Waals surface area (Å²) in [6.07, 6.45) is 5.33. The van der Waals surface area contributed by atoms with Crippen molar-refractivity contribution in [2.75, 3.05) is 6.54 Å². The molecular formula is C16H21NO3. The molecule has 1 aliphatic heterocycles. The molecule has 1 N–H and O–H groups in total. The van der Waals surface area contributed by atoms with Crippen LogP contribution in [0.25, 0.3) is 0 Å². The fraction of sp³-hybridized carbons (Fsp3) is 0.500. The topological polar surface area (TPSA) is 57.6 Å². The highest BCUT2D eigenvalue weighted by atomic mass is 16.4. The minimum Gasteiger partial charge on any atom is -0.478 e. The van der Waals surface area contributed by atoms with E-state index in [2.05, 4.69) is 6.92 Å². The minimum atomic E-state index is -0.997. The molecule has 1 saturated heterocycles. The Bertz CT molecular complexity index is 496. The molecule has 108 valence electrons. The Morgan fingerprint density at radius 2 is 2.05 bits per heavy atom. The van der Waals surface area contributed by atoms with Crippen molar-refractivity contribution in [3.8, 4) is 0 Å². The summed E-state index contributed by atoms with van der Waals surface area (Å²) in [7, 11) is 0. The number of likely N-dealkylation sites (tertiary alicyclic amines) is 1. The molecule has 1 atom stereocenters. The number of hydrogen-bond acceptors (Lipinski definition) is 2. The molecule has 0 radical (unpaired) electrons. The van der Waals surface area contributed by atoms with Crippen LogP contribution < -0.4 is 0 Å². The third-order valence-corrected chi connectivity index (χ3v) is 3.87. The normalized spacial score (nSPS) is 18.9. The lowest BCUT2D eigenvalue weighted by Gasteiger charge is -2.36. The van der Waals surface area contributed by atoms with E-state index >= 15 is 0 Å². The second kappa shape index (κ2) is 6.55. The highest BCUT2D eigenvalue weighted by molar-refractivity contribution is 5.97. The van der Waals surface area contributed by atoms with Gasteiger partial charge in [-0.15, -0.1) is 0 Å². The molecule has 0 spiro atoms. The number of rotatable bonds is 4. The largest absolute Gasteiger partial charge is 0.478 e. The van der Waals surface area contributed by atoms with Crippen LogP contribution in [-0.2, 0) is 0 Å². The quantitative estimate of drug-likeness (QED) is 0.918. The van der Waals surface area contributed by atoms with Gasteiger partial charge in [-0.05, 0) is 43.9 Å². The Kier molecular flexibility index (Phi) is 4.77. The number of carbonyl (C=O) groups is 2. The molecule has 1 aliphatic rings. The van der Waals surface area contributed by atoms with E-state index in [-0.39, 0.29) is 11.5 Å². The van der Waals surface area contributed by atoms with E-state index < -0.39 is 5.97 Å². The lowest BCUT2D eigenvalue weighted by Crippen LogP contribution is -2.43. The fourth-order valence-electron chi connectivity index (χ4n) is 2.85. The van der Waals surface area contributed by atoms with Gasteiger partial charge in [-0.1, -0.05) is 19.4 Å². The zero-order valence-corrected chi connectivity index (χ0v) is 11.8. The van der Waals surface area contributed by atoms with Gasteiger partial charge in [0.2, 0.25) is 0 Å². The number of piperidine rings is 1. The zero-order chi connectivity index (χ0) is 14.5. The van der Waals surface area contributed by atoms with Crippen LogP contribution in [0.1, 0.15) is 59.7 Å². The molecule has 1 amide bonds. The first-order valence-electron chi connectivity index (χ1n) is 7.27. The maximum absolute atomic E-state index is 12.6. The number of amides is 1. The van der Waals surface area contributed by atoms with Gasteiger partial charge < -0.3 is 10.0 Å². The highest BCUT2D eigenvalue weighted by Gasteiger charge is 2.26. The third-order valence-electron chi connectivity index (χ3n) is 3.87. The smallest absolute Gasteiger partial charge is 0.335 e. The Labute approximate surface area is 119 Å². The number of hydrogen-bond donors (Lipinski definition) is 1. The lowest BCUT2D eigenvalue weighted by molar-refractivity contribution is 0.0600. The third kappa shape index (κ3) is 3.18. The van der Waals surface area contributed by atoms with Crippen LogP contribution in [0.4, 0.5) is 0 Å². The molecule has 1 aromatic carbocycles. The predicted molar refractivity (Wildman–Crippen MR) is 77.0 cm³/mol. The zero-order valence-electron chi connectivity index (χ0n) is 11.8. The van der Waals surface area contributed by atoms with E-state index in [1.807, 2.05) is 4.90 Å². The molecule has 0 aliphatic carbocycles. The van der Waals surface area contributed by atoms with Gasteiger partial charge in [0.05, 0.1) is 5.56 Å². The Hall–Kier alpha value is -1.84. The number of carbonyl (C=O) groups excluding carboxylic acids is 1. The summed E-state index contributed by atoms with van der Waals surface area (Å²) >= 11 is 0. The average molecular weight is 275 g/mol. The van der Waals surface area contributed by atoms with Crippen molar-refractivity contribution in [1.29, 1.82) is 0 Å². The monoisotopic (exact) mass is 275 g/mol. The highest BCUT2D eigenvalue weighted by Crippen LogP contribution is 2.23. The van der Waals surface area contributed by atoms with E-state index in [9.17, 15) is 9.59 Å². The van der Waals surface area contributed by atoms with Crippen LogP contribution in [0, 0.1) is 0 Å². The van der Waals surface area contributed by atoms with Crippen LogP contribution >= 0.6 is 0 Å². The van der Waals surface area contributed by atoms with Crippen LogP contribution in [0.5, 0.6) is 0 Å². The average Bonchev–Trinajstić information content (AvgIpc) is 2.47. The minimum absolute atomic E-state index is 0.0359. The molecule has 1 heterocycles. The van der Waals surface area contributed by atoms with Crippen molar-refractivity contribution in [2.45, 2.75) is 45.1 Å². The lowest BCUT2D eigenvalue weighted by atomic mass is 9.97. The van der Waals surface area contributed by atoms with E-state index in [0.717, 1.165) is 32.2 Å². The number of benzene rings is 1. The van der Waals surface area contributed by atoms with E-state index in [1.54, 1.807) is 12.1 Å². The van der Waals surface area contributed by atoms with Crippen molar-refractivity contribution in [3.05, 3.63) is 35.4 Å². The predicted octanol–water partition coefficient (Wildman–Crippen LogP) is 3.18. The second-order valence-electron chi connectivity index (χ2n) is 5.32. The number of nitrogens with zero attached hydrogens (tertiary/aromatic N) is 1. The molecule has 1 fully saturated rings. The van der Waals surface area contributed by atoms with Crippen molar-refractivity contribution < 1.29 is 14.7 Å². The number of carboxylic acids is 1. The van der Waals surface area contributed by atoms with Gasteiger partial charge in [-0.2, -0.15) is 0 Å². The Morgan fingerprint density at radius 1 is 1.30 bits per heavy atom. The summed E-state index contributed by atoms with van der Waals surface area (Å²) in [5, 5.41) is 9.01. The summed E-state index contributed by atoms with van der Waals surface area (Å²) in [6, 6.07) is 6.62. The molecule has 4 nitrogen and oxygen atoms in total. The van der Waals surface area contributed by atoms with Crippen LogP contribution in [-0.4, -0.2) is 34.5 Å². The molecule has 1 unspecified atom stereocenters. The summed E-state index contributed by atoms with van der Waals surface area (Å²) in [5.41, 5.74) is 0.646. The van der Waals surface area contributed by atoms with Crippen LogP contribution in [0.15, 0.2) is 24.3 Å². The summed E-state index contributed by atoms with van der Waals surface area (Å²) in [6.45, 7) is 2.91. The molecule has 0 aromatic heterocycles. The van der Waals surface area contributed by atoms with Gasteiger partial charge >= 0.3 is 5.97 Å². The van der Waals surface area contributed by atoms with Gasteiger partial charge in [-0.3, -0.25) is 4.79 Å². The van der Waals surface area contributed by atoms with Crippen molar-refractivity contribution >= 4 is 11.9 Å². The van der Waals surface area contributed by atoms with Crippen molar-refractivity contribution in [1.82, 2.24) is 4.90 Å². The summed E-state index contributed by atoms with van der Waals surface area (Å²) < 4.78 is 0. The molecule has 20 heavy (non-hydrogen) atoms. The standard InChI is InChI=1S/C16H21NO3/c1-2-6-14-9-3-4-10-17(14)15(18)12-7-5-8-13(11-12)16(19)20/h5,7-8,11,14H,2-4,6,9-10H2,1H3,(H,19,20). The van der Waals surface area contributed by atoms with Gasteiger partial charge in [0.15, 0.2) is 0 Å². The maximum Gasteiger partial charge on any atom is 0.335 e. The first-order valence-corrected chi connectivity index (χ1v) is 7.27. The first kappa shape index (κ1) is 14.6. The van der Waals surface area contributed by atoms with Crippen LogP contribution in [0.3, 0.4) is 0 Å². The van der Waals surface area contributed by atoms with E-state index in [0.29, 0.717) is 11.6 Å². The fourth-order valence-corrected chi connectivity index (χ4v) is 2.85. The maximum atomic E-state index is 12.6. The van der Waals surface area contributed by atoms with E-state index in [4.69, 9.17) is 5.11 Å². The molecule has 1 aromatic rings. The summed E-state index contributed by atoms with van der Waals surface area (Å²) in [5.74, 6) is -1.03. The van der Waals surface area contributed by atoms with Crippen molar-refractivity contribution in [3.63, 3.8) is 0 Å². The number of aromatic carboxylic acids is 1. The first-order chi connectivity index (χ1) is 9.63. The van der Waals surface area contributed by atoms with Gasteiger partial charge in [0.1, 0.15) is 0 Å². The molecule has 4 heteroatoms. The van der Waals surface area contributed by atoms with Gasteiger partial charge in [0.25, 0.3) is 5.91 Å². The molecule has 2 rings (SSSR count). The Morgan fingerprint density at radius 3 is 2.75 bits per heavy atom. The Balaban J connectivity index is 2.20. The SMILES string of the molecule is CCCC1CCCCN1C(=O)c1cccc(C(=O)O)c1. The second-order valence-corrected chi connectivity index (χ2v) is 5.32. The molecule has 0 saturated carbocycles. The van der Waals surface area contributed by atoms with Gasteiger partial charge in [-0.25, -0.2) is 4.79 Å². The molecule has 0 bridgehead atoms. The van der Waals surface area contributed by atoms with Gasteiger partial charge in [0, 0.05) is 18.2 Å². The number of carboxylic acid groups (broad SMARTS) is 1. The molecular weight excluding hydrogens is 254 g/mol. The summed E-state index contributed by atoms with van der Waals surface area (Å²) in [4.78, 5) is 25.5.